The molecule has 3 heteroatoms. The Hall–Kier alpha value is -0.900. The van der Waals surface area contributed by atoms with Crippen molar-refractivity contribution in [2.24, 2.45) is 29.1 Å². The molecular weight excluding hydrogens is 384 g/mol. The van der Waals surface area contributed by atoms with E-state index in [1.54, 1.807) is 5.57 Å². The number of rotatable bonds is 6. The molecule has 3 rings (SSSR count). The summed E-state index contributed by atoms with van der Waals surface area (Å²) in [5, 5.41) is 30.7. The van der Waals surface area contributed by atoms with Crippen LogP contribution in [-0.2, 0) is 0 Å². The van der Waals surface area contributed by atoms with E-state index < -0.39 is 17.8 Å². The highest BCUT2D eigenvalue weighted by molar-refractivity contribution is 5.39. The van der Waals surface area contributed by atoms with E-state index in [9.17, 15) is 15.3 Å². The van der Waals surface area contributed by atoms with E-state index in [4.69, 9.17) is 0 Å². The molecule has 0 bridgehead atoms. The minimum Gasteiger partial charge on any atom is -0.392 e. The van der Waals surface area contributed by atoms with Crippen LogP contribution in [0.15, 0.2) is 35.5 Å². The second-order valence-corrected chi connectivity index (χ2v) is 11.8. The Kier molecular flexibility index (Phi) is 7.61. The number of fused-ring (bicyclic) bond motifs is 1. The topological polar surface area (TPSA) is 60.7 Å². The van der Waals surface area contributed by atoms with Crippen LogP contribution < -0.4 is 0 Å². The van der Waals surface area contributed by atoms with Crippen LogP contribution in [0.2, 0.25) is 0 Å². The van der Waals surface area contributed by atoms with Gasteiger partial charge in [0.1, 0.15) is 0 Å². The third-order valence-corrected chi connectivity index (χ3v) is 8.97. The molecule has 3 N–H and O–H groups in total. The lowest BCUT2D eigenvalue weighted by molar-refractivity contribution is 0.0283. The standard InChI is InChI=1S/C28H46O3/c1-18(9-7-15-27(4,5)31)23-13-14-24-21(10-8-16-28(23,24)6)11-12-22-17-25(29)20(3)26(30)19(22)2/h11-12,18,20,23-26,29-31H,2,7-10,13-17H2,1,3-6H3/b21-11+,22-12+/t18-,20-,23+,24-,25-,26+,28+/m0/s1. The lowest BCUT2D eigenvalue weighted by atomic mass is 9.60. The predicted octanol–water partition coefficient (Wildman–Crippen LogP) is 5.95. The summed E-state index contributed by atoms with van der Waals surface area (Å²) in [5.41, 5.74) is 3.15. The molecule has 0 radical (unpaired) electrons. The van der Waals surface area contributed by atoms with Crippen LogP contribution in [0.1, 0.15) is 92.4 Å². The molecule has 0 amide bonds. The van der Waals surface area contributed by atoms with Crippen LogP contribution >= 0.6 is 0 Å². The van der Waals surface area contributed by atoms with Crippen LogP contribution in [0.4, 0.5) is 0 Å². The molecule has 7 atom stereocenters. The average molecular weight is 431 g/mol. The zero-order valence-corrected chi connectivity index (χ0v) is 20.5. The van der Waals surface area contributed by atoms with Crippen molar-refractivity contribution in [2.45, 2.75) is 110 Å². The van der Waals surface area contributed by atoms with Gasteiger partial charge in [-0.25, -0.2) is 0 Å². The van der Waals surface area contributed by atoms with Gasteiger partial charge in [-0.05, 0) is 93.1 Å². The monoisotopic (exact) mass is 430 g/mol. The van der Waals surface area contributed by atoms with Gasteiger partial charge < -0.3 is 15.3 Å². The van der Waals surface area contributed by atoms with E-state index >= 15 is 0 Å². The molecule has 3 aliphatic rings. The van der Waals surface area contributed by atoms with Crippen LogP contribution in [0.25, 0.3) is 0 Å². The van der Waals surface area contributed by atoms with Gasteiger partial charge in [-0.3, -0.25) is 0 Å². The summed E-state index contributed by atoms with van der Waals surface area (Å²) >= 11 is 0. The molecule has 0 aromatic rings. The summed E-state index contributed by atoms with van der Waals surface area (Å²) in [7, 11) is 0. The fourth-order valence-corrected chi connectivity index (χ4v) is 6.91. The lowest BCUT2D eigenvalue weighted by Crippen LogP contribution is -2.36. The molecule has 0 saturated heterocycles. The van der Waals surface area contributed by atoms with E-state index in [-0.39, 0.29) is 5.92 Å². The second-order valence-electron chi connectivity index (χ2n) is 11.8. The quantitative estimate of drug-likeness (QED) is 0.488. The summed E-state index contributed by atoms with van der Waals surface area (Å²) < 4.78 is 0. The molecule has 0 aromatic heterocycles. The van der Waals surface area contributed by atoms with Crippen LogP contribution in [-0.4, -0.2) is 33.1 Å². The molecule has 3 fully saturated rings. The fourth-order valence-electron chi connectivity index (χ4n) is 6.91. The van der Waals surface area contributed by atoms with Gasteiger partial charge in [0.25, 0.3) is 0 Å². The van der Waals surface area contributed by atoms with Gasteiger partial charge in [0.05, 0.1) is 17.8 Å². The Labute approximate surface area is 190 Å². The number of allylic oxidation sites excluding steroid dienone is 3. The smallest absolute Gasteiger partial charge is 0.0837 e. The number of aliphatic hydroxyl groups is 3. The van der Waals surface area contributed by atoms with Gasteiger partial charge in [0, 0.05) is 5.92 Å². The van der Waals surface area contributed by atoms with Crippen molar-refractivity contribution < 1.29 is 15.3 Å². The SMILES string of the molecule is C=C1/C(=C/C=C2\CCC[C@]3(C)[C@@H]([C@@H](C)CCCC(C)(C)O)CC[C@@H]23)C[C@H](O)[C@H](C)[C@@H]1O. The third kappa shape index (κ3) is 5.37. The van der Waals surface area contributed by atoms with E-state index in [1.165, 1.54) is 32.1 Å². The molecule has 0 aromatic carbocycles. The normalized spacial score (nSPS) is 40.4. The fraction of sp³-hybridized carbons (Fsp3) is 0.786. The van der Waals surface area contributed by atoms with Gasteiger partial charge >= 0.3 is 0 Å². The second kappa shape index (κ2) is 9.53. The maximum Gasteiger partial charge on any atom is 0.0837 e. The van der Waals surface area contributed by atoms with Crippen molar-refractivity contribution in [3.63, 3.8) is 0 Å². The summed E-state index contributed by atoms with van der Waals surface area (Å²) in [4.78, 5) is 0. The Morgan fingerprint density at radius 3 is 2.61 bits per heavy atom. The predicted molar refractivity (Wildman–Crippen MR) is 129 cm³/mol. The van der Waals surface area contributed by atoms with Crippen molar-refractivity contribution in [3.8, 4) is 0 Å². The molecule has 0 spiro atoms. The van der Waals surface area contributed by atoms with Crippen LogP contribution in [0.5, 0.6) is 0 Å². The number of hydrogen-bond acceptors (Lipinski definition) is 3. The van der Waals surface area contributed by atoms with Gasteiger partial charge in [0.2, 0.25) is 0 Å². The molecule has 0 aliphatic heterocycles. The van der Waals surface area contributed by atoms with Crippen molar-refractivity contribution in [2.75, 3.05) is 0 Å². The minimum atomic E-state index is -0.648. The molecule has 0 unspecified atom stereocenters. The average Bonchev–Trinajstić information content (AvgIpc) is 3.04. The molecule has 31 heavy (non-hydrogen) atoms. The highest BCUT2D eigenvalue weighted by atomic mass is 16.3. The largest absolute Gasteiger partial charge is 0.392 e. The first-order valence-corrected chi connectivity index (χ1v) is 12.6. The molecule has 176 valence electrons. The lowest BCUT2D eigenvalue weighted by Gasteiger charge is -2.44. The summed E-state index contributed by atoms with van der Waals surface area (Å²) in [6.07, 6.45) is 13.4. The zero-order valence-electron chi connectivity index (χ0n) is 20.5. The summed E-state index contributed by atoms with van der Waals surface area (Å²) in [6, 6.07) is 0. The van der Waals surface area contributed by atoms with Crippen molar-refractivity contribution in [1.29, 1.82) is 0 Å². The zero-order chi connectivity index (χ0) is 23.0. The maximum absolute atomic E-state index is 10.4. The van der Waals surface area contributed by atoms with Crippen molar-refractivity contribution in [1.82, 2.24) is 0 Å². The first kappa shape index (κ1) is 24.7. The highest BCUT2D eigenvalue weighted by Crippen LogP contribution is 2.60. The maximum atomic E-state index is 10.4. The summed E-state index contributed by atoms with van der Waals surface area (Å²) in [5.74, 6) is 1.94. The van der Waals surface area contributed by atoms with E-state index in [0.717, 1.165) is 36.3 Å². The highest BCUT2D eigenvalue weighted by Gasteiger charge is 2.50. The van der Waals surface area contributed by atoms with Gasteiger partial charge in [-0.15, -0.1) is 0 Å². The van der Waals surface area contributed by atoms with E-state index in [2.05, 4.69) is 32.6 Å². The molecule has 3 saturated carbocycles. The molecule has 0 heterocycles. The van der Waals surface area contributed by atoms with Gasteiger partial charge in [-0.2, -0.15) is 0 Å². The van der Waals surface area contributed by atoms with Crippen molar-refractivity contribution in [3.05, 3.63) is 35.5 Å². The van der Waals surface area contributed by atoms with E-state index in [0.29, 0.717) is 23.7 Å². The summed E-state index contributed by atoms with van der Waals surface area (Å²) in [6.45, 7) is 14.8. The number of hydrogen-bond donors (Lipinski definition) is 3. The molecular formula is C28H46O3. The van der Waals surface area contributed by atoms with Crippen molar-refractivity contribution >= 4 is 0 Å². The Balaban J connectivity index is 1.71. The first-order chi connectivity index (χ1) is 14.4. The Morgan fingerprint density at radius 2 is 1.94 bits per heavy atom. The minimum absolute atomic E-state index is 0.149. The Morgan fingerprint density at radius 1 is 1.23 bits per heavy atom. The Bertz CT molecular complexity index is 712. The van der Waals surface area contributed by atoms with Crippen LogP contribution in [0.3, 0.4) is 0 Å². The third-order valence-electron chi connectivity index (χ3n) is 8.97. The number of aliphatic hydroxyl groups excluding tert-OH is 2. The van der Waals surface area contributed by atoms with E-state index in [1.807, 2.05) is 20.8 Å². The van der Waals surface area contributed by atoms with Gasteiger partial charge in [-0.1, -0.05) is 57.9 Å². The molecule has 3 aliphatic carbocycles. The van der Waals surface area contributed by atoms with Gasteiger partial charge in [0.15, 0.2) is 0 Å². The first-order valence-electron chi connectivity index (χ1n) is 12.6. The molecule has 3 nitrogen and oxygen atoms in total. The van der Waals surface area contributed by atoms with Crippen LogP contribution in [0, 0.1) is 29.1 Å².